The Bertz CT molecular complexity index is 657. The minimum atomic E-state index is -1.17. The quantitative estimate of drug-likeness (QED) is 0.229. The molecule has 182 valence electrons. The van der Waals surface area contributed by atoms with Crippen LogP contribution in [0.3, 0.4) is 0 Å². The Labute approximate surface area is 192 Å². The number of unbranched alkanes of at least 4 members (excludes halogenated alkanes) is 11. The Morgan fingerprint density at radius 2 is 1.56 bits per heavy atom. The lowest BCUT2D eigenvalue weighted by Crippen LogP contribution is -2.46. The molecule has 0 aromatic carbocycles. The molecule has 1 aromatic rings. The van der Waals surface area contributed by atoms with E-state index >= 15 is 0 Å². The molecule has 0 bridgehead atoms. The van der Waals surface area contributed by atoms with Gasteiger partial charge in [-0.3, -0.25) is 4.79 Å². The molecule has 2 rings (SSSR count). The number of hydrogen-bond acceptors (Lipinski definition) is 5. The smallest absolute Gasteiger partial charge is 0.292 e. The van der Waals surface area contributed by atoms with Crippen LogP contribution in [-0.4, -0.2) is 52.7 Å². The van der Waals surface area contributed by atoms with Crippen molar-refractivity contribution in [1.29, 1.82) is 0 Å². The number of carbonyl (C=O) groups is 1. The number of carbonyl (C=O) groups excluding carboxylic acids is 1. The van der Waals surface area contributed by atoms with Crippen LogP contribution in [0.25, 0.3) is 0 Å². The monoisotopic (exact) mass is 451 g/mol. The van der Waals surface area contributed by atoms with Gasteiger partial charge in [0.25, 0.3) is 12.1 Å². The number of aliphatic hydroxyl groups is 3. The highest BCUT2D eigenvalue weighted by Crippen LogP contribution is 2.25. The van der Waals surface area contributed by atoms with E-state index in [2.05, 4.69) is 12.2 Å². The summed E-state index contributed by atoms with van der Waals surface area (Å²) in [4.78, 5) is 12.5. The molecule has 7 nitrogen and oxygen atoms in total. The highest BCUT2D eigenvalue weighted by molar-refractivity contribution is 5.93. The van der Waals surface area contributed by atoms with Gasteiger partial charge in [0.15, 0.2) is 18.5 Å². The minimum absolute atomic E-state index is 0.172. The molecular formula is C25H43N2O5+. The molecule has 7 heteroatoms. The summed E-state index contributed by atoms with van der Waals surface area (Å²) < 4.78 is 7.08. The van der Waals surface area contributed by atoms with Crippen molar-refractivity contribution in [2.24, 2.45) is 0 Å². The van der Waals surface area contributed by atoms with Crippen LogP contribution in [0.1, 0.15) is 101 Å². The molecule has 32 heavy (non-hydrogen) atoms. The van der Waals surface area contributed by atoms with Gasteiger partial charge in [0, 0.05) is 12.6 Å². The SMILES string of the molecule is CCCCCCCCCCCCCCNC(=O)c1ccc[n+]([C@@H]2O[C@H](CO)[C@@H](O)[C@H]2O)c1. The van der Waals surface area contributed by atoms with E-state index in [-0.39, 0.29) is 12.5 Å². The molecule has 1 fully saturated rings. The van der Waals surface area contributed by atoms with Crippen LogP contribution >= 0.6 is 0 Å². The van der Waals surface area contributed by atoms with Gasteiger partial charge in [-0.15, -0.1) is 0 Å². The number of hydrogen-bond donors (Lipinski definition) is 4. The van der Waals surface area contributed by atoms with Crippen molar-refractivity contribution >= 4 is 5.91 Å². The van der Waals surface area contributed by atoms with Crippen molar-refractivity contribution < 1.29 is 29.4 Å². The molecular weight excluding hydrogens is 408 g/mol. The highest BCUT2D eigenvalue weighted by atomic mass is 16.6. The predicted molar refractivity (Wildman–Crippen MR) is 123 cm³/mol. The number of ether oxygens (including phenoxy) is 1. The van der Waals surface area contributed by atoms with E-state index in [1.54, 1.807) is 29.1 Å². The van der Waals surface area contributed by atoms with Crippen molar-refractivity contribution in [3.8, 4) is 0 Å². The van der Waals surface area contributed by atoms with Gasteiger partial charge in [0.1, 0.15) is 17.8 Å². The van der Waals surface area contributed by atoms with E-state index in [0.29, 0.717) is 12.1 Å². The lowest BCUT2D eigenvalue weighted by molar-refractivity contribution is -0.765. The maximum atomic E-state index is 12.5. The molecule has 1 aromatic heterocycles. The van der Waals surface area contributed by atoms with Crippen molar-refractivity contribution in [3.63, 3.8) is 0 Å². The maximum Gasteiger partial charge on any atom is 0.292 e. The average Bonchev–Trinajstić information content (AvgIpc) is 3.10. The van der Waals surface area contributed by atoms with Gasteiger partial charge in [0.05, 0.1) is 6.61 Å². The lowest BCUT2D eigenvalue weighted by Gasteiger charge is -2.10. The standard InChI is InChI=1S/C25H42N2O5/c1-2-3-4-5-6-7-8-9-10-11-12-13-16-26-24(31)20-15-14-17-27(18-20)25-23(30)22(29)21(19-28)32-25/h14-15,17-18,21-23,25,28-30H,2-13,16,19H2,1H3/p+1/t21-,22-,23-,25-/m1/s1. The molecule has 1 aliphatic rings. The molecule has 0 unspecified atom stereocenters. The van der Waals surface area contributed by atoms with E-state index in [9.17, 15) is 20.1 Å². The van der Waals surface area contributed by atoms with Gasteiger partial charge in [-0.2, -0.15) is 4.57 Å². The number of amides is 1. The fraction of sp³-hybridized carbons (Fsp3) is 0.760. The Hall–Kier alpha value is -1.54. The predicted octanol–water partition coefficient (Wildman–Crippen LogP) is 3.02. The van der Waals surface area contributed by atoms with Crippen LogP contribution in [0.5, 0.6) is 0 Å². The van der Waals surface area contributed by atoms with Crippen molar-refractivity contribution in [2.45, 2.75) is 109 Å². The van der Waals surface area contributed by atoms with Crippen molar-refractivity contribution in [3.05, 3.63) is 30.1 Å². The Balaban J connectivity index is 1.59. The molecule has 1 saturated heterocycles. The van der Waals surface area contributed by atoms with E-state index < -0.39 is 24.5 Å². The molecule has 1 amide bonds. The first-order valence-electron chi connectivity index (χ1n) is 12.5. The summed E-state index contributed by atoms with van der Waals surface area (Å²) in [5.41, 5.74) is 0.462. The second-order valence-corrected chi connectivity index (χ2v) is 8.91. The van der Waals surface area contributed by atoms with Gasteiger partial charge in [-0.25, -0.2) is 0 Å². The largest absolute Gasteiger partial charge is 0.394 e. The number of aromatic nitrogens is 1. The van der Waals surface area contributed by atoms with Crippen molar-refractivity contribution in [1.82, 2.24) is 5.32 Å². The Kier molecular flexibility index (Phi) is 12.8. The number of nitrogens with one attached hydrogen (secondary N) is 1. The second kappa shape index (κ2) is 15.3. The Morgan fingerprint density at radius 1 is 0.969 bits per heavy atom. The molecule has 0 spiro atoms. The van der Waals surface area contributed by atoms with E-state index in [1.807, 2.05) is 0 Å². The minimum Gasteiger partial charge on any atom is -0.394 e. The average molecular weight is 452 g/mol. The summed E-state index contributed by atoms with van der Waals surface area (Å²) in [5.74, 6) is -0.172. The van der Waals surface area contributed by atoms with Crippen molar-refractivity contribution in [2.75, 3.05) is 13.2 Å². The summed E-state index contributed by atoms with van der Waals surface area (Å²) in [6.07, 6.45) is 14.6. The third kappa shape index (κ3) is 8.77. The molecule has 4 atom stereocenters. The first-order valence-corrected chi connectivity index (χ1v) is 12.5. The van der Waals surface area contributed by atoms with E-state index in [4.69, 9.17) is 4.74 Å². The number of aliphatic hydroxyl groups excluding tert-OH is 3. The zero-order chi connectivity index (χ0) is 23.2. The third-order valence-electron chi connectivity index (χ3n) is 6.21. The van der Waals surface area contributed by atoms with Gasteiger partial charge in [-0.1, -0.05) is 77.6 Å². The molecule has 0 saturated carbocycles. The fourth-order valence-corrected chi connectivity index (χ4v) is 4.18. The second-order valence-electron chi connectivity index (χ2n) is 8.91. The molecule has 4 N–H and O–H groups in total. The van der Waals surface area contributed by atoms with Gasteiger partial charge in [-0.05, 0) is 12.5 Å². The number of rotatable bonds is 16. The van der Waals surface area contributed by atoms with Crippen LogP contribution in [-0.2, 0) is 4.74 Å². The van der Waals surface area contributed by atoms with E-state index in [0.717, 1.165) is 12.8 Å². The molecule has 0 radical (unpaired) electrons. The summed E-state index contributed by atoms with van der Waals surface area (Å²) in [5, 5.41) is 32.3. The maximum absolute atomic E-state index is 12.5. The van der Waals surface area contributed by atoms with Crippen LogP contribution in [0.4, 0.5) is 0 Å². The van der Waals surface area contributed by atoms with Gasteiger partial charge < -0.3 is 25.4 Å². The normalized spacial score (nSPS) is 22.9. The zero-order valence-electron chi connectivity index (χ0n) is 19.6. The number of nitrogens with zero attached hydrogens (tertiary/aromatic N) is 1. The summed E-state index contributed by atoms with van der Waals surface area (Å²) in [6.45, 7) is 2.51. The van der Waals surface area contributed by atoms with Crippen LogP contribution in [0.2, 0.25) is 0 Å². The summed E-state index contributed by atoms with van der Waals surface area (Å²) >= 11 is 0. The summed E-state index contributed by atoms with van der Waals surface area (Å²) in [6, 6.07) is 3.41. The van der Waals surface area contributed by atoms with Gasteiger partial charge >= 0.3 is 0 Å². The zero-order valence-corrected chi connectivity index (χ0v) is 19.6. The lowest BCUT2D eigenvalue weighted by atomic mass is 10.1. The fourth-order valence-electron chi connectivity index (χ4n) is 4.18. The third-order valence-corrected chi connectivity index (χ3v) is 6.21. The first-order chi connectivity index (χ1) is 15.6. The topological polar surface area (TPSA) is 103 Å². The first kappa shape index (κ1) is 26.7. The molecule has 2 heterocycles. The van der Waals surface area contributed by atoms with Crippen LogP contribution < -0.4 is 9.88 Å². The van der Waals surface area contributed by atoms with Crippen LogP contribution in [0, 0.1) is 0 Å². The highest BCUT2D eigenvalue weighted by Gasteiger charge is 2.47. The summed E-state index contributed by atoms with van der Waals surface area (Å²) in [7, 11) is 0. The van der Waals surface area contributed by atoms with Crippen LogP contribution in [0.15, 0.2) is 24.5 Å². The molecule has 1 aliphatic heterocycles. The van der Waals surface area contributed by atoms with Gasteiger partial charge in [0.2, 0.25) is 0 Å². The number of pyridine rings is 1. The molecule has 0 aliphatic carbocycles. The van der Waals surface area contributed by atoms with E-state index in [1.165, 1.54) is 64.2 Å². The Morgan fingerprint density at radius 3 is 2.12 bits per heavy atom.